The van der Waals surface area contributed by atoms with Gasteiger partial charge < -0.3 is 10.2 Å². The molecular weight excluding hydrogens is 446 g/mol. The Balaban J connectivity index is 1.17. The molecule has 0 spiro atoms. The van der Waals surface area contributed by atoms with Crippen molar-refractivity contribution in [2.45, 2.75) is 19.9 Å². The Morgan fingerprint density at radius 3 is 2.31 bits per heavy atom. The number of benzene rings is 3. The van der Waals surface area contributed by atoms with Gasteiger partial charge in [-0.25, -0.2) is 0 Å². The van der Waals surface area contributed by atoms with Gasteiger partial charge in [0.1, 0.15) is 5.69 Å². The number of aromatic nitrogens is 2. The Labute approximate surface area is 213 Å². The molecule has 0 aliphatic carbocycles. The third-order valence-corrected chi connectivity index (χ3v) is 6.87. The highest BCUT2D eigenvalue weighted by atomic mass is 16.1. The zero-order chi connectivity index (χ0) is 24.7. The fourth-order valence-corrected chi connectivity index (χ4v) is 4.80. The lowest BCUT2D eigenvalue weighted by molar-refractivity contribution is 0.0949. The van der Waals surface area contributed by atoms with Crippen LogP contribution in [0.25, 0.3) is 22.2 Å². The monoisotopic (exact) mass is 479 g/mol. The zero-order valence-corrected chi connectivity index (χ0v) is 20.9. The summed E-state index contributed by atoms with van der Waals surface area (Å²) in [5.74, 6) is -0.0932. The van der Waals surface area contributed by atoms with Crippen molar-refractivity contribution in [3.05, 3.63) is 95.6 Å². The predicted octanol–water partition coefficient (Wildman–Crippen LogP) is 4.54. The predicted molar refractivity (Wildman–Crippen MR) is 145 cm³/mol. The largest absolute Gasteiger partial charge is 0.352 e. The third-order valence-electron chi connectivity index (χ3n) is 6.87. The highest BCUT2D eigenvalue weighted by Gasteiger charge is 2.20. The van der Waals surface area contributed by atoms with E-state index < -0.39 is 0 Å². The first kappa shape index (κ1) is 24.1. The van der Waals surface area contributed by atoms with Gasteiger partial charge in [-0.1, -0.05) is 78.4 Å². The summed E-state index contributed by atoms with van der Waals surface area (Å²) in [5, 5.41) is 12.8. The van der Waals surface area contributed by atoms with Gasteiger partial charge in [0.25, 0.3) is 5.91 Å². The Bertz CT molecular complexity index is 1300. The normalized spacial score (nSPS) is 14.7. The highest BCUT2D eigenvalue weighted by Crippen LogP contribution is 2.27. The number of nitrogens with one attached hydrogen (secondary N) is 1. The van der Waals surface area contributed by atoms with Crippen LogP contribution in [0.15, 0.2) is 78.9 Å². The van der Waals surface area contributed by atoms with Crippen molar-refractivity contribution in [1.29, 1.82) is 0 Å². The molecule has 0 unspecified atom stereocenters. The van der Waals surface area contributed by atoms with Gasteiger partial charge in [-0.15, -0.1) is 10.2 Å². The summed E-state index contributed by atoms with van der Waals surface area (Å²) in [7, 11) is 0. The number of amides is 1. The van der Waals surface area contributed by atoms with Crippen LogP contribution in [0.5, 0.6) is 0 Å². The van der Waals surface area contributed by atoms with Crippen molar-refractivity contribution in [3.63, 3.8) is 0 Å². The number of fused-ring (bicyclic) bond motifs is 1. The smallest absolute Gasteiger partial charge is 0.254 e. The number of rotatable bonds is 8. The standard InChI is InChI=1S/C30H33N5O/c1-23-12-14-25(15-13-23)29-28(26-10-5-6-11-27(26)32-33-29)30(36)31-16-7-17-34-18-20-35(21-19-34)22-24-8-3-2-4-9-24/h2-6,8-15H,7,16-22H2,1H3,(H,31,36). The lowest BCUT2D eigenvalue weighted by Gasteiger charge is -2.34. The van der Waals surface area contributed by atoms with Crippen LogP contribution in [0.3, 0.4) is 0 Å². The molecule has 1 aliphatic rings. The number of carbonyl (C=O) groups excluding carboxylic acids is 1. The van der Waals surface area contributed by atoms with Gasteiger partial charge in [0.2, 0.25) is 0 Å². The Kier molecular flexibility index (Phi) is 7.64. The van der Waals surface area contributed by atoms with Crippen molar-refractivity contribution >= 4 is 16.8 Å². The molecule has 1 aliphatic heterocycles. The summed E-state index contributed by atoms with van der Waals surface area (Å²) in [6, 6.07) is 26.5. The summed E-state index contributed by atoms with van der Waals surface area (Å²) >= 11 is 0. The van der Waals surface area contributed by atoms with E-state index in [1.165, 1.54) is 11.1 Å². The van der Waals surface area contributed by atoms with E-state index in [0.717, 1.165) is 62.2 Å². The molecule has 1 fully saturated rings. The molecule has 5 rings (SSSR count). The van der Waals surface area contributed by atoms with Crippen LogP contribution < -0.4 is 5.32 Å². The first-order chi connectivity index (χ1) is 17.7. The van der Waals surface area contributed by atoms with Gasteiger partial charge in [-0.2, -0.15) is 0 Å². The quantitative estimate of drug-likeness (QED) is 0.376. The molecule has 6 nitrogen and oxygen atoms in total. The summed E-state index contributed by atoms with van der Waals surface area (Å²) in [5.41, 5.74) is 5.39. The van der Waals surface area contributed by atoms with Crippen LogP contribution in [-0.2, 0) is 6.54 Å². The molecule has 0 radical (unpaired) electrons. The van der Waals surface area contributed by atoms with Gasteiger partial charge >= 0.3 is 0 Å². The molecule has 1 aromatic heterocycles. The maximum atomic E-state index is 13.4. The summed E-state index contributed by atoms with van der Waals surface area (Å²) in [6.07, 6.45) is 0.917. The Morgan fingerprint density at radius 2 is 1.53 bits per heavy atom. The lowest BCUT2D eigenvalue weighted by Crippen LogP contribution is -2.46. The fourth-order valence-electron chi connectivity index (χ4n) is 4.80. The number of hydrogen-bond donors (Lipinski definition) is 1. The molecule has 2 heterocycles. The molecular formula is C30H33N5O. The summed E-state index contributed by atoms with van der Waals surface area (Å²) in [4.78, 5) is 18.4. The maximum absolute atomic E-state index is 13.4. The molecule has 6 heteroatoms. The van der Waals surface area contributed by atoms with Crippen LogP contribution in [-0.4, -0.2) is 65.2 Å². The van der Waals surface area contributed by atoms with Gasteiger partial charge in [-0.05, 0) is 31.5 Å². The van der Waals surface area contributed by atoms with Crippen LogP contribution in [0.4, 0.5) is 0 Å². The van der Waals surface area contributed by atoms with E-state index in [4.69, 9.17) is 0 Å². The molecule has 1 N–H and O–H groups in total. The Hall–Kier alpha value is -3.61. The second-order valence-electron chi connectivity index (χ2n) is 9.52. The molecule has 0 bridgehead atoms. The van der Waals surface area contributed by atoms with E-state index in [-0.39, 0.29) is 5.91 Å². The number of nitrogens with zero attached hydrogens (tertiary/aromatic N) is 4. The molecule has 184 valence electrons. The first-order valence-electron chi connectivity index (χ1n) is 12.8. The van der Waals surface area contributed by atoms with Gasteiger partial charge in [0.15, 0.2) is 0 Å². The van der Waals surface area contributed by atoms with E-state index in [2.05, 4.69) is 55.6 Å². The molecule has 4 aromatic rings. The molecule has 1 amide bonds. The minimum Gasteiger partial charge on any atom is -0.352 e. The highest BCUT2D eigenvalue weighted by molar-refractivity contribution is 6.10. The summed E-state index contributed by atoms with van der Waals surface area (Å²) in [6.45, 7) is 8.97. The molecule has 3 aromatic carbocycles. The van der Waals surface area contributed by atoms with Gasteiger partial charge in [0, 0.05) is 50.2 Å². The van der Waals surface area contributed by atoms with Crippen LogP contribution in [0.1, 0.15) is 27.9 Å². The first-order valence-corrected chi connectivity index (χ1v) is 12.8. The lowest BCUT2D eigenvalue weighted by atomic mass is 10.0. The number of carbonyl (C=O) groups is 1. The van der Waals surface area contributed by atoms with Crippen LogP contribution in [0.2, 0.25) is 0 Å². The zero-order valence-electron chi connectivity index (χ0n) is 20.9. The summed E-state index contributed by atoms with van der Waals surface area (Å²) < 4.78 is 0. The van der Waals surface area contributed by atoms with Crippen molar-refractivity contribution in [2.75, 3.05) is 39.3 Å². The van der Waals surface area contributed by atoms with E-state index >= 15 is 0 Å². The number of piperazine rings is 1. The fraction of sp³-hybridized carbons (Fsp3) is 0.300. The molecule has 0 atom stereocenters. The second-order valence-corrected chi connectivity index (χ2v) is 9.52. The average Bonchev–Trinajstić information content (AvgIpc) is 2.92. The van der Waals surface area contributed by atoms with E-state index in [0.29, 0.717) is 17.8 Å². The van der Waals surface area contributed by atoms with E-state index in [1.54, 1.807) is 0 Å². The van der Waals surface area contributed by atoms with Crippen molar-refractivity contribution in [2.24, 2.45) is 0 Å². The molecule has 36 heavy (non-hydrogen) atoms. The SMILES string of the molecule is Cc1ccc(-c2nnc3ccccc3c2C(=O)NCCCN2CCN(Cc3ccccc3)CC2)cc1. The second kappa shape index (κ2) is 11.4. The third kappa shape index (κ3) is 5.78. The Morgan fingerprint density at radius 1 is 0.833 bits per heavy atom. The molecule has 1 saturated heterocycles. The van der Waals surface area contributed by atoms with Crippen molar-refractivity contribution in [3.8, 4) is 11.3 Å². The average molecular weight is 480 g/mol. The van der Waals surface area contributed by atoms with Gasteiger partial charge in [-0.3, -0.25) is 9.69 Å². The van der Waals surface area contributed by atoms with Gasteiger partial charge in [0.05, 0.1) is 11.1 Å². The topological polar surface area (TPSA) is 61.4 Å². The molecule has 0 saturated carbocycles. The minimum atomic E-state index is -0.0932. The van der Waals surface area contributed by atoms with E-state index in [1.807, 2.05) is 55.5 Å². The van der Waals surface area contributed by atoms with Crippen molar-refractivity contribution < 1.29 is 4.79 Å². The number of hydrogen-bond acceptors (Lipinski definition) is 5. The number of aryl methyl sites for hydroxylation is 1. The van der Waals surface area contributed by atoms with E-state index in [9.17, 15) is 4.79 Å². The minimum absolute atomic E-state index is 0.0932. The van der Waals surface area contributed by atoms with Crippen LogP contribution in [0, 0.1) is 6.92 Å². The van der Waals surface area contributed by atoms with Crippen molar-refractivity contribution in [1.82, 2.24) is 25.3 Å². The maximum Gasteiger partial charge on any atom is 0.254 e. The van der Waals surface area contributed by atoms with Crippen LogP contribution >= 0.6 is 0 Å².